The zero-order valence-electron chi connectivity index (χ0n) is 6.72. The number of nitrogens with zero attached hydrogens (tertiary/aromatic N) is 1. The van der Waals surface area contributed by atoms with E-state index >= 15 is 0 Å². The van der Waals surface area contributed by atoms with Gasteiger partial charge in [0, 0.05) is 0 Å². The van der Waals surface area contributed by atoms with Crippen LogP contribution in [0.3, 0.4) is 0 Å². The number of nitrogen functional groups attached to an aromatic ring is 1. The summed E-state index contributed by atoms with van der Waals surface area (Å²) in [5.41, 5.74) is 5.07. The van der Waals surface area contributed by atoms with Crippen LogP contribution in [0.4, 0.5) is 14.6 Å². The molecule has 13 heavy (non-hydrogen) atoms. The van der Waals surface area contributed by atoms with Gasteiger partial charge >= 0.3 is 0 Å². The minimum Gasteiger partial charge on any atom is -0.492 e. The second-order valence-corrected chi connectivity index (χ2v) is 3.41. The monoisotopic (exact) mass is 300 g/mol. The summed E-state index contributed by atoms with van der Waals surface area (Å²) in [7, 11) is 1.41. The number of alkyl halides is 2. The molecule has 2 N–H and O–H groups in total. The molecule has 6 heteroatoms. The fourth-order valence-electron chi connectivity index (χ4n) is 0.854. The van der Waals surface area contributed by atoms with Crippen LogP contribution in [0.25, 0.3) is 0 Å². The average molecular weight is 300 g/mol. The van der Waals surface area contributed by atoms with E-state index < -0.39 is 6.43 Å². The molecule has 0 aromatic carbocycles. The molecule has 0 aliphatic rings. The zero-order chi connectivity index (χ0) is 10.0. The van der Waals surface area contributed by atoms with Crippen molar-refractivity contribution in [1.29, 1.82) is 0 Å². The van der Waals surface area contributed by atoms with Crippen LogP contribution in [-0.4, -0.2) is 12.1 Å². The minimum absolute atomic E-state index is 0.00954. The summed E-state index contributed by atoms with van der Waals surface area (Å²) in [6, 6.07) is 1.25. The average Bonchev–Trinajstić information content (AvgIpc) is 2.03. The molecule has 1 aromatic heterocycles. The number of rotatable bonds is 2. The van der Waals surface area contributed by atoms with Gasteiger partial charge in [0.05, 0.1) is 10.7 Å². The summed E-state index contributed by atoms with van der Waals surface area (Å²) in [6.45, 7) is 0. The maximum Gasteiger partial charge on any atom is 0.280 e. The normalized spacial score (nSPS) is 10.5. The molecular weight excluding hydrogens is 293 g/mol. The summed E-state index contributed by atoms with van der Waals surface area (Å²) in [6.07, 6.45) is -2.61. The van der Waals surface area contributed by atoms with E-state index in [-0.39, 0.29) is 11.5 Å². The maximum atomic E-state index is 12.2. The molecule has 0 aliphatic heterocycles. The summed E-state index contributed by atoms with van der Waals surface area (Å²) < 4.78 is 29.8. The van der Waals surface area contributed by atoms with Gasteiger partial charge in [-0.2, -0.15) is 0 Å². The Balaban J connectivity index is 3.20. The Hall–Kier alpha value is -0.660. The maximum absolute atomic E-state index is 12.2. The Morgan fingerprint density at radius 1 is 1.62 bits per heavy atom. The van der Waals surface area contributed by atoms with Crippen LogP contribution >= 0.6 is 22.6 Å². The van der Waals surface area contributed by atoms with Gasteiger partial charge in [0.1, 0.15) is 5.69 Å². The third kappa shape index (κ3) is 2.17. The Morgan fingerprint density at radius 3 is 2.62 bits per heavy atom. The van der Waals surface area contributed by atoms with Gasteiger partial charge in [-0.1, -0.05) is 0 Å². The standard InChI is InChI=1S/C7H7F2IN2O/c1-13-5-3(10)2-4(6(8)9)12-7(5)11/h2,6H,1H3,(H2,11,12). The zero-order valence-corrected chi connectivity index (χ0v) is 8.88. The quantitative estimate of drug-likeness (QED) is 0.852. The number of aromatic nitrogens is 1. The first kappa shape index (κ1) is 10.4. The van der Waals surface area contributed by atoms with E-state index in [1.165, 1.54) is 13.2 Å². The minimum atomic E-state index is -2.61. The molecule has 0 bridgehead atoms. The van der Waals surface area contributed by atoms with Crippen LogP contribution in [0, 0.1) is 3.57 Å². The van der Waals surface area contributed by atoms with Crippen LogP contribution in [-0.2, 0) is 0 Å². The fraction of sp³-hybridized carbons (Fsp3) is 0.286. The molecule has 0 fully saturated rings. The van der Waals surface area contributed by atoms with Crippen molar-refractivity contribution >= 4 is 28.4 Å². The first-order valence-electron chi connectivity index (χ1n) is 3.34. The third-order valence-corrected chi connectivity index (χ3v) is 2.20. The van der Waals surface area contributed by atoms with Crippen LogP contribution in [0.15, 0.2) is 6.07 Å². The van der Waals surface area contributed by atoms with Crippen molar-refractivity contribution in [3.8, 4) is 5.75 Å². The molecule has 0 saturated carbocycles. The van der Waals surface area contributed by atoms with Gasteiger partial charge in [-0.25, -0.2) is 13.8 Å². The summed E-state index contributed by atoms with van der Waals surface area (Å²) in [5, 5.41) is 0. The van der Waals surface area contributed by atoms with Gasteiger partial charge < -0.3 is 10.5 Å². The molecule has 72 valence electrons. The Labute approximate surface area is 87.4 Å². The molecule has 3 nitrogen and oxygen atoms in total. The topological polar surface area (TPSA) is 48.1 Å². The number of pyridine rings is 1. The fourth-order valence-corrected chi connectivity index (χ4v) is 1.67. The van der Waals surface area contributed by atoms with Crippen molar-refractivity contribution < 1.29 is 13.5 Å². The highest BCUT2D eigenvalue weighted by Gasteiger charge is 2.14. The number of methoxy groups -OCH3 is 1. The molecule has 1 rings (SSSR count). The molecule has 0 spiro atoms. The highest BCUT2D eigenvalue weighted by atomic mass is 127. The van der Waals surface area contributed by atoms with Crippen molar-refractivity contribution in [2.45, 2.75) is 6.43 Å². The van der Waals surface area contributed by atoms with Gasteiger partial charge in [0.25, 0.3) is 6.43 Å². The SMILES string of the molecule is COc1c(I)cc(C(F)F)nc1N. The van der Waals surface area contributed by atoms with E-state index in [0.717, 1.165) is 0 Å². The number of ether oxygens (including phenoxy) is 1. The van der Waals surface area contributed by atoms with Gasteiger partial charge in [0.15, 0.2) is 11.6 Å². The molecule has 0 unspecified atom stereocenters. The largest absolute Gasteiger partial charge is 0.492 e. The predicted octanol–water partition coefficient (Wildman–Crippen LogP) is 2.21. The first-order valence-corrected chi connectivity index (χ1v) is 4.42. The first-order chi connectivity index (χ1) is 6.06. The highest BCUT2D eigenvalue weighted by Crippen LogP contribution is 2.29. The highest BCUT2D eigenvalue weighted by molar-refractivity contribution is 14.1. The molecule has 0 amide bonds. The van der Waals surface area contributed by atoms with E-state index in [4.69, 9.17) is 10.5 Å². The van der Waals surface area contributed by atoms with Crippen molar-refractivity contribution in [3.63, 3.8) is 0 Å². The van der Waals surface area contributed by atoms with Gasteiger partial charge in [-0.15, -0.1) is 0 Å². The molecular formula is C7H7F2IN2O. The van der Waals surface area contributed by atoms with E-state index in [1.807, 2.05) is 22.6 Å². The molecule has 1 aromatic rings. The summed E-state index contributed by atoms with van der Waals surface area (Å²) in [5.74, 6) is 0.328. The number of hydrogen-bond donors (Lipinski definition) is 1. The van der Waals surface area contributed by atoms with Crippen molar-refractivity contribution in [2.24, 2.45) is 0 Å². The van der Waals surface area contributed by atoms with Crippen LogP contribution in [0.1, 0.15) is 12.1 Å². The van der Waals surface area contributed by atoms with Gasteiger partial charge in [0.2, 0.25) is 0 Å². The lowest BCUT2D eigenvalue weighted by atomic mass is 10.3. The molecule has 0 atom stereocenters. The van der Waals surface area contributed by atoms with E-state index in [1.54, 1.807) is 0 Å². The number of nitrogens with two attached hydrogens (primary N) is 1. The lowest BCUT2D eigenvalue weighted by Gasteiger charge is -2.07. The van der Waals surface area contributed by atoms with E-state index in [9.17, 15) is 8.78 Å². The number of halogens is 3. The lowest BCUT2D eigenvalue weighted by Crippen LogP contribution is -2.01. The summed E-state index contributed by atoms with van der Waals surface area (Å²) >= 11 is 1.87. The van der Waals surface area contributed by atoms with Crippen LogP contribution in [0.2, 0.25) is 0 Å². The molecule has 0 saturated heterocycles. The Morgan fingerprint density at radius 2 is 2.23 bits per heavy atom. The second kappa shape index (κ2) is 4.03. The summed E-state index contributed by atoms with van der Waals surface area (Å²) in [4.78, 5) is 3.50. The van der Waals surface area contributed by atoms with Crippen LogP contribution in [0.5, 0.6) is 5.75 Å². The number of anilines is 1. The van der Waals surface area contributed by atoms with Crippen LogP contribution < -0.4 is 10.5 Å². The Bertz CT molecular complexity index is 296. The Kier molecular flexibility index (Phi) is 3.23. The predicted molar refractivity (Wildman–Crippen MR) is 52.9 cm³/mol. The van der Waals surface area contributed by atoms with Gasteiger partial charge in [-0.3, -0.25) is 0 Å². The van der Waals surface area contributed by atoms with Crippen molar-refractivity contribution in [2.75, 3.05) is 12.8 Å². The van der Waals surface area contributed by atoms with Crippen molar-refractivity contribution in [3.05, 3.63) is 15.3 Å². The number of hydrogen-bond acceptors (Lipinski definition) is 3. The lowest BCUT2D eigenvalue weighted by molar-refractivity contribution is 0.146. The smallest absolute Gasteiger partial charge is 0.280 e. The molecule has 0 aliphatic carbocycles. The molecule has 0 radical (unpaired) electrons. The van der Waals surface area contributed by atoms with Crippen molar-refractivity contribution in [1.82, 2.24) is 4.98 Å². The molecule has 1 heterocycles. The van der Waals surface area contributed by atoms with E-state index in [0.29, 0.717) is 9.32 Å². The third-order valence-electron chi connectivity index (χ3n) is 1.40. The van der Waals surface area contributed by atoms with E-state index in [2.05, 4.69) is 4.98 Å². The second-order valence-electron chi connectivity index (χ2n) is 2.25. The van der Waals surface area contributed by atoms with Gasteiger partial charge in [-0.05, 0) is 28.7 Å².